The highest BCUT2D eigenvalue weighted by Gasteiger charge is 2.23. The summed E-state index contributed by atoms with van der Waals surface area (Å²) in [5.74, 6) is -0.890. The van der Waals surface area contributed by atoms with Crippen LogP contribution < -0.4 is 4.72 Å². The Morgan fingerprint density at radius 1 is 1.42 bits per heavy atom. The molecule has 0 radical (unpaired) electrons. The molecule has 0 spiro atoms. The van der Waals surface area contributed by atoms with Gasteiger partial charge in [-0.3, -0.25) is 0 Å². The topological polar surface area (TPSA) is 93.8 Å². The van der Waals surface area contributed by atoms with Crippen LogP contribution in [0.3, 0.4) is 0 Å². The van der Waals surface area contributed by atoms with Gasteiger partial charge in [0.25, 0.3) is 0 Å². The molecule has 0 bridgehead atoms. The molecular formula is C12H12FN3O2S. The SMILES string of the molecule is CCC(CC#N)NS(=O)(=O)c1cccc(F)c1C#N. The van der Waals surface area contributed by atoms with Gasteiger partial charge in [0.05, 0.1) is 12.5 Å². The van der Waals surface area contributed by atoms with Crippen LogP contribution >= 0.6 is 0 Å². The average molecular weight is 281 g/mol. The molecule has 1 rings (SSSR count). The highest BCUT2D eigenvalue weighted by Crippen LogP contribution is 2.18. The summed E-state index contributed by atoms with van der Waals surface area (Å²) in [4.78, 5) is -0.411. The third-order valence-electron chi connectivity index (χ3n) is 2.53. The van der Waals surface area contributed by atoms with E-state index in [-0.39, 0.29) is 6.42 Å². The zero-order chi connectivity index (χ0) is 14.5. The van der Waals surface area contributed by atoms with Crippen molar-refractivity contribution in [3.63, 3.8) is 0 Å². The van der Waals surface area contributed by atoms with Crippen LogP contribution in [0.4, 0.5) is 4.39 Å². The molecule has 0 saturated carbocycles. The van der Waals surface area contributed by atoms with Gasteiger partial charge in [0, 0.05) is 6.04 Å². The monoisotopic (exact) mass is 281 g/mol. The van der Waals surface area contributed by atoms with Gasteiger partial charge in [-0.15, -0.1) is 0 Å². The van der Waals surface area contributed by atoms with Crippen LogP contribution in [-0.2, 0) is 10.0 Å². The minimum absolute atomic E-state index is 0.00688. The summed E-state index contributed by atoms with van der Waals surface area (Å²) in [7, 11) is -4.02. The lowest BCUT2D eigenvalue weighted by Gasteiger charge is -2.14. The first-order valence-electron chi connectivity index (χ1n) is 5.54. The van der Waals surface area contributed by atoms with Crippen molar-refractivity contribution in [1.29, 1.82) is 10.5 Å². The molecule has 0 saturated heterocycles. The predicted molar refractivity (Wildman–Crippen MR) is 65.7 cm³/mol. The number of rotatable bonds is 5. The molecule has 0 aliphatic rings. The Kier molecular flexibility index (Phi) is 4.99. The average Bonchev–Trinajstić information content (AvgIpc) is 2.37. The third-order valence-corrected chi connectivity index (χ3v) is 4.09. The van der Waals surface area contributed by atoms with E-state index in [1.165, 1.54) is 12.1 Å². The van der Waals surface area contributed by atoms with E-state index in [4.69, 9.17) is 10.5 Å². The maximum atomic E-state index is 13.4. The molecule has 7 heteroatoms. The molecule has 1 unspecified atom stereocenters. The van der Waals surface area contributed by atoms with Crippen LogP contribution in [0.2, 0.25) is 0 Å². The van der Waals surface area contributed by atoms with Crippen LogP contribution in [-0.4, -0.2) is 14.5 Å². The van der Waals surface area contributed by atoms with Crippen molar-refractivity contribution < 1.29 is 12.8 Å². The summed E-state index contributed by atoms with van der Waals surface area (Å²) < 4.78 is 39.8. The fraction of sp³-hybridized carbons (Fsp3) is 0.333. The number of sulfonamides is 1. The van der Waals surface area contributed by atoms with E-state index in [1.54, 1.807) is 6.92 Å². The van der Waals surface area contributed by atoms with E-state index < -0.39 is 32.3 Å². The summed E-state index contributed by atoms with van der Waals surface area (Å²) in [5.41, 5.74) is -0.526. The van der Waals surface area contributed by atoms with Crippen molar-refractivity contribution in [2.24, 2.45) is 0 Å². The fourth-order valence-electron chi connectivity index (χ4n) is 1.50. The van der Waals surface area contributed by atoms with Gasteiger partial charge in [-0.2, -0.15) is 10.5 Å². The first-order valence-corrected chi connectivity index (χ1v) is 7.02. The summed E-state index contributed by atoms with van der Waals surface area (Å²) in [5, 5.41) is 17.4. The van der Waals surface area contributed by atoms with Crippen molar-refractivity contribution in [3.05, 3.63) is 29.6 Å². The molecule has 1 atom stereocenters. The molecule has 0 aliphatic carbocycles. The standard InChI is InChI=1S/C12H12FN3O2S/c1-2-9(6-7-14)16-19(17,18)12-5-3-4-11(13)10(12)8-15/h3-5,9,16H,2,6H2,1H3. The van der Waals surface area contributed by atoms with Crippen molar-refractivity contribution in [1.82, 2.24) is 4.72 Å². The van der Waals surface area contributed by atoms with Gasteiger partial charge in [-0.05, 0) is 18.6 Å². The van der Waals surface area contributed by atoms with Crippen LogP contribution in [0.1, 0.15) is 25.3 Å². The van der Waals surface area contributed by atoms with Gasteiger partial charge >= 0.3 is 0 Å². The van der Waals surface area contributed by atoms with Crippen molar-refractivity contribution in [2.45, 2.75) is 30.7 Å². The van der Waals surface area contributed by atoms with E-state index >= 15 is 0 Å². The number of hydrogen-bond acceptors (Lipinski definition) is 4. The fourth-order valence-corrected chi connectivity index (χ4v) is 2.98. The predicted octanol–water partition coefficient (Wildman–Crippen LogP) is 1.67. The minimum Gasteiger partial charge on any atom is -0.207 e. The maximum absolute atomic E-state index is 13.4. The Bertz CT molecular complexity index is 644. The van der Waals surface area contributed by atoms with Gasteiger partial charge < -0.3 is 0 Å². The molecule has 19 heavy (non-hydrogen) atoms. The molecule has 0 fully saturated rings. The van der Waals surface area contributed by atoms with Gasteiger partial charge in [-0.1, -0.05) is 13.0 Å². The second-order valence-electron chi connectivity index (χ2n) is 3.81. The van der Waals surface area contributed by atoms with Crippen molar-refractivity contribution in [3.8, 4) is 12.1 Å². The molecule has 0 aromatic heterocycles. The second-order valence-corrected chi connectivity index (χ2v) is 5.50. The Hall–Kier alpha value is -1.96. The number of hydrogen-bond donors (Lipinski definition) is 1. The van der Waals surface area contributed by atoms with Gasteiger partial charge in [0.1, 0.15) is 22.3 Å². The van der Waals surface area contributed by atoms with Crippen LogP contribution in [0, 0.1) is 28.5 Å². The third kappa shape index (κ3) is 3.50. The summed E-state index contributed by atoms with van der Waals surface area (Å²) in [6.07, 6.45) is 0.428. The molecule has 1 aromatic rings. The zero-order valence-electron chi connectivity index (χ0n) is 10.2. The lowest BCUT2D eigenvalue weighted by Crippen LogP contribution is -2.34. The summed E-state index contributed by atoms with van der Waals surface area (Å²) in [6.45, 7) is 1.72. The van der Waals surface area contributed by atoms with E-state index in [0.717, 1.165) is 12.1 Å². The molecule has 1 aromatic carbocycles. The number of nitriles is 2. The molecule has 1 N–H and O–H groups in total. The lowest BCUT2D eigenvalue weighted by atomic mass is 10.2. The number of halogens is 1. The molecule has 100 valence electrons. The quantitative estimate of drug-likeness (QED) is 0.888. The highest BCUT2D eigenvalue weighted by molar-refractivity contribution is 7.89. The minimum atomic E-state index is -4.02. The Morgan fingerprint density at radius 2 is 2.11 bits per heavy atom. The first kappa shape index (κ1) is 15.1. The van der Waals surface area contributed by atoms with E-state index in [2.05, 4.69) is 4.72 Å². The normalized spacial score (nSPS) is 12.4. The Labute approximate surface area is 111 Å². The first-order chi connectivity index (χ1) is 8.96. The summed E-state index contributed by atoms with van der Waals surface area (Å²) in [6, 6.07) is 6.23. The molecule has 0 aliphatic heterocycles. The van der Waals surface area contributed by atoms with Gasteiger partial charge in [0.15, 0.2) is 0 Å². The largest absolute Gasteiger partial charge is 0.242 e. The van der Waals surface area contributed by atoms with E-state index in [9.17, 15) is 12.8 Å². The Morgan fingerprint density at radius 3 is 2.63 bits per heavy atom. The molecule has 5 nitrogen and oxygen atoms in total. The van der Waals surface area contributed by atoms with Crippen LogP contribution in [0.15, 0.2) is 23.1 Å². The van der Waals surface area contributed by atoms with Crippen molar-refractivity contribution in [2.75, 3.05) is 0 Å². The molecule has 0 heterocycles. The van der Waals surface area contributed by atoms with E-state index in [0.29, 0.717) is 6.42 Å². The Balaban J connectivity index is 3.19. The van der Waals surface area contributed by atoms with Crippen molar-refractivity contribution >= 4 is 10.0 Å². The van der Waals surface area contributed by atoms with Crippen LogP contribution in [0.5, 0.6) is 0 Å². The molecule has 0 amide bonds. The smallest absolute Gasteiger partial charge is 0.207 e. The molecular weight excluding hydrogens is 269 g/mol. The number of benzene rings is 1. The van der Waals surface area contributed by atoms with Gasteiger partial charge in [-0.25, -0.2) is 17.5 Å². The lowest BCUT2D eigenvalue weighted by molar-refractivity contribution is 0.541. The van der Waals surface area contributed by atoms with Crippen LogP contribution in [0.25, 0.3) is 0 Å². The number of nitrogens with zero attached hydrogens (tertiary/aromatic N) is 2. The number of nitrogens with one attached hydrogen (secondary N) is 1. The zero-order valence-corrected chi connectivity index (χ0v) is 11.0. The summed E-state index contributed by atoms with van der Waals surface area (Å²) >= 11 is 0. The van der Waals surface area contributed by atoms with E-state index in [1.807, 2.05) is 6.07 Å². The highest BCUT2D eigenvalue weighted by atomic mass is 32.2. The second kappa shape index (κ2) is 6.28. The maximum Gasteiger partial charge on any atom is 0.242 e. The van der Waals surface area contributed by atoms with Gasteiger partial charge in [0.2, 0.25) is 10.0 Å².